The number of amides is 1. The molecule has 4 nitrogen and oxygen atoms in total. The van der Waals surface area contributed by atoms with Crippen LogP contribution in [-0.2, 0) is 14.6 Å². The maximum absolute atomic E-state index is 10.9. The second-order valence-corrected chi connectivity index (χ2v) is 6.03. The Balaban J connectivity index is 2.51. The number of nitrogens with zero attached hydrogens (tertiary/aromatic N) is 1. The van der Waals surface area contributed by atoms with Crippen molar-refractivity contribution in [2.45, 2.75) is 6.92 Å². The summed E-state index contributed by atoms with van der Waals surface area (Å²) in [5.41, 5.74) is -0.214. The van der Waals surface area contributed by atoms with E-state index >= 15 is 0 Å². The van der Waals surface area contributed by atoms with Crippen LogP contribution in [0.4, 0.5) is 0 Å². The van der Waals surface area contributed by atoms with Crippen LogP contribution in [0.1, 0.15) is 6.92 Å². The fraction of sp³-hybridized carbons (Fsp3) is 0.857. The van der Waals surface area contributed by atoms with E-state index in [0.717, 1.165) is 6.41 Å². The molecule has 0 aliphatic carbocycles. The second kappa shape index (κ2) is 2.73. The summed E-state index contributed by atoms with van der Waals surface area (Å²) < 4.78 is 21.9. The van der Waals surface area contributed by atoms with Crippen LogP contribution in [0.3, 0.4) is 0 Å². The fourth-order valence-electron chi connectivity index (χ4n) is 1.73. The monoisotopic (exact) mass is 191 g/mol. The molecule has 0 atom stereocenters. The van der Waals surface area contributed by atoms with E-state index in [1.807, 2.05) is 6.92 Å². The van der Waals surface area contributed by atoms with Crippen molar-refractivity contribution < 1.29 is 13.2 Å². The molecule has 0 aromatic rings. The van der Waals surface area contributed by atoms with Gasteiger partial charge < -0.3 is 4.90 Å². The molecule has 0 aromatic carbocycles. The van der Waals surface area contributed by atoms with Crippen molar-refractivity contribution >= 4 is 16.2 Å². The van der Waals surface area contributed by atoms with Crippen LogP contribution < -0.4 is 0 Å². The van der Waals surface area contributed by atoms with Crippen molar-refractivity contribution in [3.05, 3.63) is 0 Å². The Morgan fingerprint density at radius 3 is 2.33 bits per heavy atom. The molecule has 0 bridgehead atoms. The zero-order chi connectivity index (χ0) is 9.41. The Kier molecular flexibility index (Phi) is 2.16. The van der Waals surface area contributed by atoms with Gasteiger partial charge in [-0.25, -0.2) is 8.42 Å². The smallest absolute Gasteiger partial charge is 0.209 e. The zero-order valence-electron chi connectivity index (χ0n) is 7.28. The van der Waals surface area contributed by atoms with E-state index in [0.29, 0.717) is 13.1 Å². The molecule has 0 radical (unpaired) electrons. The average molecular weight is 191 g/mol. The maximum Gasteiger partial charge on any atom is 0.209 e. The van der Waals surface area contributed by atoms with Crippen molar-refractivity contribution in [3.8, 4) is 0 Å². The number of carbonyl (C=O) groups is 1. The largest absolute Gasteiger partial charge is 0.344 e. The Labute approximate surface area is 72.5 Å². The van der Waals surface area contributed by atoms with Gasteiger partial charge in [-0.05, 0) is 0 Å². The summed E-state index contributed by atoms with van der Waals surface area (Å²) in [6, 6.07) is 0. The Bertz CT molecular complexity index is 277. The molecule has 5 heteroatoms. The molecule has 12 heavy (non-hydrogen) atoms. The summed E-state index contributed by atoms with van der Waals surface area (Å²) in [5, 5.41) is 0. The summed E-state index contributed by atoms with van der Waals surface area (Å²) in [6.45, 7) is 3.00. The third-order valence-corrected chi connectivity index (χ3v) is 3.15. The fourth-order valence-corrected chi connectivity index (χ4v) is 3.18. The van der Waals surface area contributed by atoms with Crippen LogP contribution in [0, 0.1) is 5.41 Å². The lowest BCUT2D eigenvalue weighted by Gasteiger charge is -2.45. The topological polar surface area (TPSA) is 54.5 Å². The lowest BCUT2D eigenvalue weighted by Crippen LogP contribution is -2.56. The van der Waals surface area contributed by atoms with Gasteiger partial charge in [0.2, 0.25) is 6.41 Å². The Morgan fingerprint density at radius 1 is 1.50 bits per heavy atom. The molecule has 0 aromatic heterocycles. The predicted molar refractivity (Wildman–Crippen MR) is 45.5 cm³/mol. The van der Waals surface area contributed by atoms with Gasteiger partial charge in [-0.2, -0.15) is 0 Å². The number of rotatable bonds is 3. The van der Waals surface area contributed by atoms with Crippen molar-refractivity contribution in [1.29, 1.82) is 0 Å². The highest BCUT2D eigenvalue weighted by Gasteiger charge is 2.40. The first-order chi connectivity index (χ1) is 5.35. The first kappa shape index (κ1) is 9.51. The minimum Gasteiger partial charge on any atom is -0.344 e. The highest BCUT2D eigenvalue weighted by molar-refractivity contribution is 7.90. The highest BCUT2D eigenvalue weighted by atomic mass is 32.2. The van der Waals surface area contributed by atoms with Gasteiger partial charge in [0.15, 0.2) is 0 Å². The predicted octanol–water partition coefficient (Wildman–Crippen LogP) is -0.491. The lowest BCUT2D eigenvalue weighted by molar-refractivity contribution is -0.127. The molecule has 1 heterocycles. The lowest BCUT2D eigenvalue weighted by atomic mass is 9.85. The molecule has 0 spiro atoms. The Hall–Kier alpha value is -0.580. The molecule has 0 N–H and O–H groups in total. The van der Waals surface area contributed by atoms with Gasteiger partial charge >= 0.3 is 0 Å². The van der Waals surface area contributed by atoms with Gasteiger partial charge in [0.1, 0.15) is 9.84 Å². The first-order valence-electron chi connectivity index (χ1n) is 3.72. The van der Waals surface area contributed by atoms with Gasteiger partial charge in [0.25, 0.3) is 0 Å². The molecular formula is C7H13NO3S. The number of likely N-dealkylation sites (tertiary alicyclic amines) is 1. The van der Waals surface area contributed by atoms with Crippen molar-refractivity contribution in [2.75, 3.05) is 25.1 Å². The molecule has 1 fully saturated rings. The third-order valence-electron chi connectivity index (χ3n) is 1.93. The molecule has 1 amide bonds. The summed E-state index contributed by atoms with van der Waals surface area (Å²) in [4.78, 5) is 11.8. The van der Waals surface area contributed by atoms with E-state index in [1.165, 1.54) is 6.26 Å². The van der Waals surface area contributed by atoms with E-state index in [2.05, 4.69) is 0 Å². The summed E-state index contributed by atoms with van der Waals surface area (Å²) in [6.07, 6.45) is 1.98. The van der Waals surface area contributed by atoms with E-state index in [-0.39, 0.29) is 11.2 Å². The number of carbonyl (C=O) groups excluding carboxylic acids is 1. The van der Waals surface area contributed by atoms with Crippen molar-refractivity contribution in [1.82, 2.24) is 4.90 Å². The molecule has 1 aliphatic heterocycles. The quantitative estimate of drug-likeness (QED) is 0.566. The van der Waals surface area contributed by atoms with Crippen molar-refractivity contribution in [3.63, 3.8) is 0 Å². The SMILES string of the molecule is CC1(CS(C)(=O)=O)CN(C=O)C1. The van der Waals surface area contributed by atoms with Crippen LogP contribution in [-0.4, -0.2) is 44.8 Å². The minimum absolute atomic E-state index is 0.171. The van der Waals surface area contributed by atoms with Gasteiger partial charge in [-0.15, -0.1) is 0 Å². The second-order valence-electron chi connectivity index (χ2n) is 3.89. The molecule has 1 aliphatic rings. The van der Waals surface area contributed by atoms with E-state index in [4.69, 9.17) is 0 Å². The number of hydrogen-bond acceptors (Lipinski definition) is 3. The molecule has 70 valence electrons. The maximum atomic E-state index is 10.9. The normalized spacial score (nSPS) is 21.7. The molecular weight excluding hydrogens is 178 g/mol. The number of hydrogen-bond donors (Lipinski definition) is 0. The molecule has 1 saturated heterocycles. The van der Waals surface area contributed by atoms with Gasteiger partial charge in [0, 0.05) is 24.8 Å². The van der Waals surface area contributed by atoms with Crippen LogP contribution in [0.15, 0.2) is 0 Å². The summed E-state index contributed by atoms with van der Waals surface area (Å²) in [5.74, 6) is 0.171. The van der Waals surface area contributed by atoms with E-state index in [9.17, 15) is 13.2 Å². The molecule has 0 unspecified atom stereocenters. The standard InChI is InChI=1S/C7H13NO3S/c1-7(5-12(2,10)11)3-8(4-7)6-9/h6H,3-5H2,1-2H3. The molecule has 1 rings (SSSR count). The highest BCUT2D eigenvalue weighted by Crippen LogP contribution is 2.29. The van der Waals surface area contributed by atoms with Crippen LogP contribution in [0.5, 0.6) is 0 Å². The Morgan fingerprint density at radius 2 is 2.00 bits per heavy atom. The van der Waals surface area contributed by atoms with Gasteiger partial charge in [0.05, 0.1) is 5.75 Å². The summed E-state index contributed by atoms with van der Waals surface area (Å²) >= 11 is 0. The average Bonchev–Trinajstić information content (AvgIpc) is 1.78. The third kappa shape index (κ3) is 2.20. The molecule has 0 saturated carbocycles. The minimum atomic E-state index is -2.92. The zero-order valence-corrected chi connectivity index (χ0v) is 8.10. The summed E-state index contributed by atoms with van der Waals surface area (Å²) in [7, 11) is -2.92. The van der Waals surface area contributed by atoms with Gasteiger partial charge in [-0.1, -0.05) is 6.92 Å². The van der Waals surface area contributed by atoms with Gasteiger partial charge in [-0.3, -0.25) is 4.79 Å². The van der Waals surface area contributed by atoms with Crippen molar-refractivity contribution in [2.24, 2.45) is 5.41 Å². The number of sulfone groups is 1. The van der Waals surface area contributed by atoms with E-state index in [1.54, 1.807) is 4.90 Å². The first-order valence-corrected chi connectivity index (χ1v) is 5.78. The van der Waals surface area contributed by atoms with Crippen LogP contribution in [0.2, 0.25) is 0 Å². The van der Waals surface area contributed by atoms with Crippen LogP contribution in [0.25, 0.3) is 0 Å². The van der Waals surface area contributed by atoms with Crippen LogP contribution >= 0.6 is 0 Å². The van der Waals surface area contributed by atoms with E-state index < -0.39 is 9.84 Å².